The summed E-state index contributed by atoms with van der Waals surface area (Å²) in [6.07, 6.45) is 5.12. The second-order valence-electron chi connectivity index (χ2n) is 2.74. The van der Waals surface area contributed by atoms with Crippen LogP contribution < -0.4 is 5.73 Å². The van der Waals surface area contributed by atoms with Gasteiger partial charge in [0.05, 0.1) is 6.54 Å². The van der Waals surface area contributed by atoms with E-state index in [0.717, 1.165) is 13.1 Å². The molecular weight excluding hydrogens is 124 g/mol. The summed E-state index contributed by atoms with van der Waals surface area (Å²) in [5.74, 6) is 3.12. The van der Waals surface area contributed by atoms with Crippen molar-refractivity contribution in [2.75, 3.05) is 26.7 Å². The van der Waals surface area contributed by atoms with Gasteiger partial charge in [0.2, 0.25) is 0 Å². The second-order valence-corrected chi connectivity index (χ2v) is 2.74. The van der Waals surface area contributed by atoms with E-state index in [1.807, 2.05) is 7.05 Å². The van der Waals surface area contributed by atoms with E-state index in [9.17, 15) is 0 Å². The molecule has 0 amide bonds. The zero-order valence-corrected chi connectivity index (χ0v) is 6.80. The standard InChI is InChI=1S/C8H16N2/c1-4-5-10(3)7-8(2)6-9/h1,8H,5-7,9H2,2-3H3. The predicted octanol–water partition coefficient (Wildman–Crippen LogP) is 0.146. The lowest BCUT2D eigenvalue weighted by Gasteiger charge is -2.17. The molecule has 0 radical (unpaired) electrons. The van der Waals surface area contributed by atoms with Crippen LogP contribution in [-0.2, 0) is 0 Å². The highest BCUT2D eigenvalue weighted by Crippen LogP contribution is 1.93. The minimum atomic E-state index is 0.540. The van der Waals surface area contributed by atoms with Crippen molar-refractivity contribution in [1.29, 1.82) is 0 Å². The van der Waals surface area contributed by atoms with Gasteiger partial charge in [0, 0.05) is 6.54 Å². The minimum absolute atomic E-state index is 0.540. The minimum Gasteiger partial charge on any atom is -0.330 e. The van der Waals surface area contributed by atoms with Crippen LogP contribution in [0.3, 0.4) is 0 Å². The highest BCUT2D eigenvalue weighted by atomic mass is 15.1. The molecule has 0 heterocycles. The first-order chi connectivity index (χ1) is 4.70. The predicted molar refractivity (Wildman–Crippen MR) is 44.5 cm³/mol. The van der Waals surface area contributed by atoms with E-state index in [1.165, 1.54) is 0 Å². The monoisotopic (exact) mass is 140 g/mol. The first-order valence-corrected chi connectivity index (χ1v) is 3.52. The zero-order chi connectivity index (χ0) is 7.98. The van der Waals surface area contributed by atoms with Gasteiger partial charge in [-0.05, 0) is 19.5 Å². The van der Waals surface area contributed by atoms with Crippen LogP contribution >= 0.6 is 0 Å². The first-order valence-electron chi connectivity index (χ1n) is 3.52. The average Bonchev–Trinajstić information content (AvgIpc) is 1.88. The Morgan fingerprint density at radius 3 is 2.70 bits per heavy atom. The molecule has 0 bridgehead atoms. The van der Waals surface area contributed by atoms with Crippen molar-refractivity contribution in [3.8, 4) is 12.3 Å². The summed E-state index contributed by atoms with van der Waals surface area (Å²) in [7, 11) is 2.01. The first kappa shape index (κ1) is 9.48. The Morgan fingerprint density at radius 1 is 1.70 bits per heavy atom. The molecule has 0 saturated carbocycles. The smallest absolute Gasteiger partial charge is 0.0596 e. The molecule has 1 atom stereocenters. The molecule has 0 rings (SSSR count). The lowest BCUT2D eigenvalue weighted by molar-refractivity contribution is 0.320. The Labute approximate surface area is 63.4 Å². The van der Waals surface area contributed by atoms with Gasteiger partial charge in [-0.3, -0.25) is 4.90 Å². The molecule has 2 nitrogen and oxygen atoms in total. The number of terminal acetylenes is 1. The van der Waals surface area contributed by atoms with Crippen molar-refractivity contribution < 1.29 is 0 Å². The van der Waals surface area contributed by atoms with Crippen molar-refractivity contribution in [2.45, 2.75) is 6.92 Å². The molecular formula is C8H16N2. The van der Waals surface area contributed by atoms with Crippen LogP contribution in [0.1, 0.15) is 6.92 Å². The van der Waals surface area contributed by atoms with E-state index in [4.69, 9.17) is 12.2 Å². The summed E-state index contributed by atoms with van der Waals surface area (Å²) in [5, 5.41) is 0. The van der Waals surface area contributed by atoms with E-state index in [-0.39, 0.29) is 0 Å². The highest BCUT2D eigenvalue weighted by Gasteiger charge is 2.01. The molecule has 0 aliphatic heterocycles. The van der Waals surface area contributed by atoms with E-state index >= 15 is 0 Å². The molecule has 0 aromatic heterocycles. The lowest BCUT2D eigenvalue weighted by atomic mass is 10.2. The Morgan fingerprint density at radius 2 is 2.30 bits per heavy atom. The third kappa shape index (κ3) is 4.37. The fourth-order valence-corrected chi connectivity index (χ4v) is 0.827. The molecule has 0 aromatic rings. The van der Waals surface area contributed by atoms with Crippen molar-refractivity contribution in [1.82, 2.24) is 4.90 Å². The Bertz CT molecular complexity index is 115. The number of hydrogen-bond donors (Lipinski definition) is 1. The molecule has 2 N–H and O–H groups in total. The molecule has 10 heavy (non-hydrogen) atoms. The maximum absolute atomic E-state index is 5.44. The average molecular weight is 140 g/mol. The van der Waals surface area contributed by atoms with Gasteiger partial charge in [0.15, 0.2) is 0 Å². The summed E-state index contributed by atoms with van der Waals surface area (Å²) < 4.78 is 0. The number of hydrogen-bond acceptors (Lipinski definition) is 2. The molecule has 0 aliphatic rings. The maximum atomic E-state index is 5.44. The number of rotatable bonds is 4. The summed E-state index contributed by atoms with van der Waals surface area (Å²) in [6, 6.07) is 0. The van der Waals surface area contributed by atoms with Crippen molar-refractivity contribution in [2.24, 2.45) is 11.7 Å². The fraction of sp³-hybridized carbons (Fsp3) is 0.750. The largest absolute Gasteiger partial charge is 0.330 e. The van der Waals surface area contributed by atoms with Crippen LogP contribution in [0.4, 0.5) is 0 Å². The van der Waals surface area contributed by atoms with Gasteiger partial charge in [-0.1, -0.05) is 12.8 Å². The van der Waals surface area contributed by atoms with E-state index in [0.29, 0.717) is 12.5 Å². The molecule has 2 heteroatoms. The van der Waals surface area contributed by atoms with Crippen LogP contribution in [0.5, 0.6) is 0 Å². The van der Waals surface area contributed by atoms with Gasteiger partial charge in [0.25, 0.3) is 0 Å². The van der Waals surface area contributed by atoms with E-state index in [2.05, 4.69) is 17.7 Å². The molecule has 0 aliphatic carbocycles. The third-order valence-electron chi connectivity index (χ3n) is 1.39. The normalized spacial score (nSPS) is 13.1. The van der Waals surface area contributed by atoms with Gasteiger partial charge < -0.3 is 5.73 Å². The molecule has 0 fully saturated rings. The Kier molecular flexibility index (Phi) is 5.00. The molecule has 1 unspecified atom stereocenters. The lowest BCUT2D eigenvalue weighted by Crippen LogP contribution is -2.28. The maximum Gasteiger partial charge on any atom is 0.0596 e. The van der Waals surface area contributed by atoms with Gasteiger partial charge >= 0.3 is 0 Å². The van der Waals surface area contributed by atoms with Crippen LogP contribution in [0, 0.1) is 18.3 Å². The van der Waals surface area contributed by atoms with Crippen LogP contribution in [-0.4, -0.2) is 31.6 Å². The van der Waals surface area contributed by atoms with Crippen molar-refractivity contribution in [3.05, 3.63) is 0 Å². The Hall–Kier alpha value is -0.520. The fourth-order valence-electron chi connectivity index (χ4n) is 0.827. The van der Waals surface area contributed by atoms with Crippen LogP contribution in [0.2, 0.25) is 0 Å². The molecule has 0 saturated heterocycles. The van der Waals surface area contributed by atoms with Gasteiger partial charge in [-0.15, -0.1) is 6.42 Å². The highest BCUT2D eigenvalue weighted by molar-refractivity contribution is 4.87. The van der Waals surface area contributed by atoms with Crippen molar-refractivity contribution >= 4 is 0 Å². The quantitative estimate of drug-likeness (QED) is 0.563. The van der Waals surface area contributed by atoms with Crippen molar-refractivity contribution in [3.63, 3.8) is 0 Å². The van der Waals surface area contributed by atoms with Gasteiger partial charge in [-0.2, -0.15) is 0 Å². The Balaban J connectivity index is 3.38. The molecule has 0 spiro atoms. The van der Waals surface area contributed by atoms with E-state index < -0.39 is 0 Å². The van der Waals surface area contributed by atoms with Gasteiger partial charge in [-0.25, -0.2) is 0 Å². The summed E-state index contributed by atoms with van der Waals surface area (Å²) in [5.41, 5.74) is 5.44. The topological polar surface area (TPSA) is 29.3 Å². The van der Waals surface area contributed by atoms with E-state index in [1.54, 1.807) is 0 Å². The summed E-state index contributed by atoms with van der Waals surface area (Å²) >= 11 is 0. The van der Waals surface area contributed by atoms with Gasteiger partial charge in [0.1, 0.15) is 0 Å². The molecule has 0 aromatic carbocycles. The van der Waals surface area contributed by atoms with Crippen LogP contribution in [0.15, 0.2) is 0 Å². The van der Waals surface area contributed by atoms with Crippen LogP contribution in [0.25, 0.3) is 0 Å². The summed E-state index contributed by atoms with van der Waals surface area (Å²) in [4.78, 5) is 2.09. The second kappa shape index (κ2) is 5.28. The summed E-state index contributed by atoms with van der Waals surface area (Å²) in [6.45, 7) is 4.55. The SMILES string of the molecule is C#CCN(C)CC(C)CN. The number of nitrogens with zero attached hydrogens (tertiary/aromatic N) is 1. The third-order valence-corrected chi connectivity index (χ3v) is 1.39. The number of nitrogens with two attached hydrogens (primary N) is 1. The zero-order valence-electron chi connectivity index (χ0n) is 6.80. The molecule has 58 valence electrons.